The molecule has 0 bridgehead atoms. The SMILES string of the molecule is c1ncc(CNC2C3CCCC32)cn1. The number of aromatic nitrogens is 2. The van der Waals surface area contributed by atoms with Gasteiger partial charge in [0.05, 0.1) is 0 Å². The van der Waals surface area contributed by atoms with Crippen LogP contribution in [0.4, 0.5) is 0 Å². The minimum atomic E-state index is 0.795. The van der Waals surface area contributed by atoms with E-state index in [1.165, 1.54) is 24.8 Å². The fraction of sp³-hybridized carbons (Fsp3) is 0.636. The van der Waals surface area contributed by atoms with Crippen molar-refractivity contribution < 1.29 is 0 Å². The van der Waals surface area contributed by atoms with Crippen molar-refractivity contribution in [2.75, 3.05) is 0 Å². The Balaban J connectivity index is 1.52. The van der Waals surface area contributed by atoms with E-state index < -0.39 is 0 Å². The van der Waals surface area contributed by atoms with Crippen LogP contribution in [0.25, 0.3) is 0 Å². The average Bonchev–Trinajstić information content (AvgIpc) is 2.69. The third kappa shape index (κ3) is 1.42. The Hall–Kier alpha value is -0.960. The van der Waals surface area contributed by atoms with Gasteiger partial charge in [-0.2, -0.15) is 0 Å². The number of rotatable bonds is 3. The first-order chi connectivity index (χ1) is 6.95. The molecule has 3 heteroatoms. The van der Waals surface area contributed by atoms with E-state index in [2.05, 4.69) is 15.3 Å². The molecule has 1 aromatic rings. The molecule has 2 atom stereocenters. The number of hydrogen-bond donors (Lipinski definition) is 1. The summed E-state index contributed by atoms with van der Waals surface area (Å²) in [5.74, 6) is 1.97. The van der Waals surface area contributed by atoms with Gasteiger partial charge in [0.15, 0.2) is 0 Å². The van der Waals surface area contributed by atoms with Crippen molar-refractivity contribution in [2.45, 2.75) is 31.8 Å². The lowest BCUT2D eigenvalue weighted by Crippen LogP contribution is -2.20. The van der Waals surface area contributed by atoms with Crippen LogP contribution in [0.3, 0.4) is 0 Å². The largest absolute Gasteiger partial charge is 0.309 e. The van der Waals surface area contributed by atoms with Crippen LogP contribution in [-0.2, 0) is 6.54 Å². The van der Waals surface area contributed by atoms with Crippen LogP contribution < -0.4 is 5.32 Å². The van der Waals surface area contributed by atoms with Gasteiger partial charge in [-0.25, -0.2) is 9.97 Å². The molecule has 2 aliphatic carbocycles. The van der Waals surface area contributed by atoms with Crippen LogP contribution in [0.5, 0.6) is 0 Å². The van der Waals surface area contributed by atoms with Crippen LogP contribution in [0.2, 0.25) is 0 Å². The molecule has 0 spiro atoms. The lowest BCUT2D eigenvalue weighted by molar-refractivity contribution is 0.559. The Bertz CT molecular complexity index is 302. The van der Waals surface area contributed by atoms with Crippen molar-refractivity contribution in [3.63, 3.8) is 0 Å². The van der Waals surface area contributed by atoms with Gasteiger partial charge in [0, 0.05) is 30.5 Å². The highest BCUT2D eigenvalue weighted by Gasteiger charge is 2.51. The van der Waals surface area contributed by atoms with Gasteiger partial charge in [-0.1, -0.05) is 6.42 Å². The first-order valence-corrected chi connectivity index (χ1v) is 5.42. The van der Waals surface area contributed by atoms with Gasteiger partial charge in [-0.15, -0.1) is 0 Å². The van der Waals surface area contributed by atoms with E-state index in [0.29, 0.717) is 0 Å². The highest BCUT2D eigenvalue weighted by atomic mass is 15.0. The summed E-state index contributed by atoms with van der Waals surface area (Å²) in [6.07, 6.45) is 9.68. The lowest BCUT2D eigenvalue weighted by Gasteiger charge is -2.05. The zero-order valence-electron chi connectivity index (χ0n) is 8.19. The molecule has 2 saturated carbocycles. The van der Waals surface area contributed by atoms with Crippen molar-refractivity contribution in [2.24, 2.45) is 11.8 Å². The smallest absolute Gasteiger partial charge is 0.115 e. The highest BCUT2D eigenvalue weighted by molar-refractivity contribution is 5.09. The predicted molar refractivity (Wildman–Crippen MR) is 53.5 cm³/mol. The van der Waals surface area contributed by atoms with E-state index in [4.69, 9.17) is 0 Å². The summed E-state index contributed by atoms with van der Waals surface area (Å²) in [4.78, 5) is 8.01. The zero-order chi connectivity index (χ0) is 9.38. The quantitative estimate of drug-likeness (QED) is 0.780. The Labute approximate surface area is 84.0 Å². The summed E-state index contributed by atoms with van der Waals surface area (Å²) in [7, 11) is 0. The molecule has 0 aromatic carbocycles. The number of hydrogen-bond acceptors (Lipinski definition) is 3. The zero-order valence-corrected chi connectivity index (χ0v) is 8.19. The molecule has 0 radical (unpaired) electrons. The Morgan fingerprint density at radius 1 is 1.21 bits per heavy atom. The van der Waals surface area contributed by atoms with Gasteiger partial charge in [0.25, 0.3) is 0 Å². The predicted octanol–water partition coefficient (Wildman–Crippen LogP) is 1.36. The molecule has 1 heterocycles. The normalized spacial score (nSPS) is 34.1. The Morgan fingerprint density at radius 3 is 2.64 bits per heavy atom. The lowest BCUT2D eigenvalue weighted by atomic mass is 10.2. The molecule has 2 fully saturated rings. The minimum Gasteiger partial charge on any atom is -0.309 e. The Kier molecular flexibility index (Phi) is 1.98. The Morgan fingerprint density at radius 2 is 1.93 bits per heavy atom. The molecule has 2 unspecified atom stereocenters. The third-order valence-corrected chi connectivity index (χ3v) is 3.56. The maximum absolute atomic E-state index is 4.00. The summed E-state index contributed by atoms with van der Waals surface area (Å²) in [5, 5.41) is 3.59. The summed E-state index contributed by atoms with van der Waals surface area (Å²) in [6, 6.07) is 0.795. The standard InChI is InChI=1S/C11H15N3/c1-2-9-10(3-1)11(9)14-6-8-4-12-7-13-5-8/h4-5,7,9-11,14H,1-3,6H2. The van der Waals surface area contributed by atoms with Crippen LogP contribution in [0, 0.1) is 11.8 Å². The van der Waals surface area contributed by atoms with Crippen molar-refractivity contribution in [3.8, 4) is 0 Å². The third-order valence-electron chi connectivity index (χ3n) is 3.56. The van der Waals surface area contributed by atoms with E-state index >= 15 is 0 Å². The molecule has 0 aliphatic heterocycles. The number of nitrogens with zero attached hydrogens (tertiary/aromatic N) is 2. The second-order valence-electron chi connectivity index (χ2n) is 4.41. The van der Waals surface area contributed by atoms with E-state index in [1.807, 2.05) is 12.4 Å². The van der Waals surface area contributed by atoms with Crippen molar-refractivity contribution in [3.05, 3.63) is 24.3 Å². The summed E-state index contributed by atoms with van der Waals surface area (Å²) in [5.41, 5.74) is 1.19. The van der Waals surface area contributed by atoms with Crippen LogP contribution in [0.1, 0.15) is 24.8 Å². The maximum Gasteiger partial charge on any atom is 0.115 e. The second kappa shape index (κ2) is 3.31. The van der Waals surface area contributed by atoms with Gasteiger partial charge >= 0.3 is 0 Å². The van der Waals surface area contributed by atoms with Crippen LogP contribution in [0.15, 0.2) is 18.7 Å². The molecule has 74 valence electrons. The summed E-state index contributed by atoms with van der Waals surface area (Å²) >= 11 is 0. The molecule has 2 aliphatic rings. The fourth-order valence-corrected chi connectivity index (χ4v) is 2.78. The highest BCUT2D eigenvalue weighted by Crippen LogP contribution is 2.51. The average molecular weight is 189 g/mol. The first-order valence-electron chi connectivity index (χ1n) is 5.42. The van der Waals surface area contributed by atoms with Gasteiger partial charge in [-0.3, -0.25) is 0 Å². The maximum atomic E-state index is 4.00. The fourth-order valence-electron chi connectivity index (χ4n) is 2.78. The van der Waals surface area contributed by atoms with E-state index in [-0.39, 0.29) is 0 Å². The van der Waals surface area contributed by atoms with Crippen molar-refractivity contribution in [1.29, 1.82) is 0 Å². The van der Waals surface area contributed by atoms with Gasteiger partial charge in [0.2, 0.25) is 0 Å². The van der Waals surface area contributed by atoms with Crippen LogP contribution in [-0.4, -0.2) is 16.0 Å². The van der Waals surface area contributed by atoms with Crippen molar-refractivity contribution >= 4 is 0 Å². The molecule has 0 amide bonds. The molecule has 1 N–H and O–H groups in total. The number of fused-ring (bicyclic) bond motifs is 1. The second-order valence-corrected chi connectivity index (χ2v) is 4.41. The van der Waals surface area contributed by atoms with E-state index in [9.17, 15) is 0 Å². The van der Waals surface area contributed by atoms with Crippen LogP contribution >= 0.6 is 0 Å². The van der Waals surface area contributed by atoms with Gasteiger partial charge < -0.3 is 5.32 Å². The van der Waals surface area contributed by atoms with Crippen molar-refractivity contribution in [1.82, 2.24) is 15.3 Å². The number of nitrogens with one attached hydrogen (secondary N) is 1. The minimum absolute atomic E-state index is 0.795. The van der Waals surface area contributed by atoms with Gasteiger partial charge in [0.1, 0.15) is 6.33 Å². The van der Waals surface area contributed by atoms with E-state index in [0.717, 1.165) is 24.4 Å². The molecule has 3 nitrogen and oxygen atoms in total. The molecule has 0 saturated heterocycles. The summed E-state index contributed by atoms with van der Waals surface area (Å²) < 4.78 is 0. The molecule has 1 aromatic heterocycles. The first kappa shape index (κ1) is 8.36. The molecule has 3 rings (SSSR count). The molecular weight excluding hydrogens is 174 g/mol. The molecular formula is C11H15N3. The van der Waals surface area contributed by atoms with Gasteiger partial charge in [-0.05, 0) is 24.7 Å². The molecule has 14 heavy (non-hydrogen) atoms. The summed E-state index contributed by atoms with van der Waals surface area (Å²) in [6.45, 7) is 0.929. The van der Waals surface area contributed by atoms with E-state index in [1.54, 1.807) is 6.33 Å². The topological polar surface area (TPSA) is 37.8 Å². The monoisotopic (exact) mass is 189 g/mol.